The molecule has 0 aliphatic carbocycles. The molecule has 0 atom stereocenters. The van der Waals surface area contributed by atoms with Crippen molar-refractivity contribution in [2.75, 3.05) is 0 Å². The van der Waals surface area contributed by atoms with E-state index in [9.17, 15) is 4.79 Å². The van der Waals surface area contributed by atoms with Crippen LogP contribution in [0.15, 0.2) is 51.4 Å². The standard InChI is InChI=1S/C15H9ClN4O2S/c16-10-3-1-9(2-4-10)13-18-12(22-19-13)7-20-8-17-14-11(15(20)21)5-6-23-14/h1-6,8H,7H2. The predicted octanol–water partition coefficient (Wildman–Crippen LogP) is 3.21. The zero-order valence-electron chi connectivity index (χ0n) is 11.6. The normalized spacial score (nSPS) is 11.2. The van der Waals surface area contributed by atoms with Crippen LogP contribution in [0.4, 0.5) is 0 Å². The molecule has 114 valence electrons. The van der Waals surface area contributed by atoms with Crippen molar-refractivity contribution < 1.29 is 4.52 Å². The average Bonchev–Trinajstić information content (AvgIpc) is 3.20. The van der Waals surface area contributed by atoms with Gasteiger partial charge in [-0.2, -0.15) is 4.98 Å². The number of hydrogen-bond acceptors (Lipinski definition) is 6. The fraction of sp³-hybridized carbons (Fsp3) is 0.0667. The van der Waals surface area contributed by atoms with Crippen LogP contribution in [0.3, 0.4) is 0 Å². The molecule has 0 aliphatic heterocycles. The summed E-state index contributed by atoms with van der Waals surface area (Å²) >= 11 is 7.29. The van der Waals surface area contributed by atoms with Gasteiger partial charge >= 0.3 is 0 Å². The van der Waals surface area contributed by atoms with E-state index < -0.39 is 0 Å². The van der Waals surface area contributed by atoms with Gasteiger partial charge in [0, 0.05) is 10.6 Å². The third-order valence-electron chi connectivity index (χ3n) is 3.33. The highest BCUT2D eigenvalue weighted by Gasteiger charge is 2.11. The van der Waals surface area contributed by atoms with Gasteiger partial charge in [-0.15, -0.1) is 11.3 Å². The van der Waals surface area contributed by atoms with Crippen molar-refractivity contribution in [2.45, 2.75) is 6.54 Å². The maximum atomic E-state index is 12.3. The highest BCUT2D eigenvalue weighted by molar-refractivity contribution is 7.16. The van der Waals surface area contributed by atoms with E-state index >= 15 is 0 Å². The third kappa shape index (κ3) is 2.64. The molecule has 4 rings (SSSR count). The van der Waals surface area contributed by atoms with Crippen LogP contribution >= 0.6 is 22.9 Å². The van der Waals surface area contributed by atoms with Crippen molar-refractivity contribution >= 4 is 33.2 Å². The van der Waals surface area contributed by atoms with Crippen molar-refractivity contribution in [2.24, 2.45) is 0 Å². The first-order chi connectivity index (χ1) is 11.2. The molecular weight excluding hydrogens is 336 g/mol. The molecule has 0 unspecified atom stereocenters. The zero-order chi connectivity index (χ0) is 15.8. The van der Waals surface area contributed by atoms with Crippen LogP contribution in [0.2, 0.25) is 5.02 Å². The highest BCUT2D eigenvalue weighted by Crippen LogP contribution is 2.19. The zero-order valence-corrected chi connectivity index (χ0v) is 13.2. The molecule has 4 aromatic rings. The molecule has 0 bridgehead atoms. The molecule has 23 heavy (non-hydrogen) atoms. The fourth-order valence-electron chi connectivity index (χ4n) is 2.19. The molecule has 0 fully saturated rings. The minimum absolute atomic E-state index is 0.123. The summed E-state index contributed by atoms with van der Waals surface area (Å²) in [6.07, 6.45) is 1.49. The number of hydrogen-bond donors (Lipinski definition) is 0. The molecule has 0 spiro atoms. The Morgan fingerprint density at radius 3 is 2.87 bits per heavy atom. The number of thiophene rings is 1. The first kappa shape index (κ1) is 14.1. The average molecular weight is 345 g/mol. The van der Waals surface area contributed by atoms with Gasteiger partial charge in [-0.05, 0) is 35.7 Å². The summed E-state index contributed by atoms with van der Waals surface area (Å²) < 4.78 is 6.68. The highest BCUT2D eigenvalue weighted by atomic mass is 35.5. The second-order valence-electron chi connectivity index (χ2n) is 4.84. The molecular formula is C15H9ClN4O2S. The Bertz CT molecular complexity index is 1040. The second kappa shape index (κ2) is 5.60. The van der Waals surface area contributed by atoms with Gasteiger partial charge in [0.15, 0.2) is 0 Å². The van der Waals surface area contributed by atoms with Crippen LogP contribution in [0.25, 0.3) is 21.6 Å². The van der Waals surface area contributed by atoms with Crippen LogP contribution in [0, 0.1) is 0 Å². The van der Waals surface area contributed by atoms with Gasteiger partial charge in [-0.25, -0.2) is 4.98 Å². The van der Waals surface area contributed by atoms with E-state index in [-0.39, 0.29) is 12.1 Å². The summed E-state index contributed by atoms with van der Waals surface area (Å²) in [5, 5.41) is 7.00. The molecule has 0 radical (unpaired) electrons. The molecule has 1 aromatic carbocycles. The Hall–Kier alpha value is -2.51. The van der Waals surface area contributed by atoms with E-state index in [4.69, 9.17) is 16.1 Å². The Morgan fingerprint density at radius 2 is 2.04 bits per heavy atom. The fourth-order valence-corrected chi connectivity index (χ4v) is 3.04. The quantitative estimate of drug-likeness (QED) is 0.570. The van der Waals surface area contributed by atoms with E-state index in [1.807, 2.05) is 17.5 Å². The van der Waals surface area contributed by atoms with E-state index in [0.717, 1.165) is 10.4 Å². The summed E-state index contributed by atoms with van der Waals surface area (Å²) in [5.74, 6) is 0.794. The molecule has 6 nitrogen and oxygen atoms in total. The Kier molecular flexibility index (Phi) is 3.44. The van der Waals surface area contributed by atoms with E-state index in [2.05, 4.69) is 15.1 Å². The first-order valence-electron chi connectivity index (χ1n) is 6.72. The van der Waals surface area contributed by atoms with Crippen LogP contribution in [-0.4, -0.2) is 19.7 Å². The van der Waals surface area contributed by atoms with Crippen LogP contribution in [-0.2, 0) is 6.54 Å². The molecule has 3 heterocycles. The van der Waals surface area contributed by atoms with E-state index in [0.29, 0.717) is 22.1 Å². The number of benzene rings is 1. The summed E-state index contributed by atoms with van der Waals surface area (Å²) in [6, 6.07) is 8.89. The lowest BCUT2D eigenvalue weighted by molar-refractivity contribution is 0.369. The summed E-state index contributed by atoms with van der Waals surface area (Å²) in [4.78, 5) is 21.6. The van der Waals surface area contributed by atoms with Gasteiger partial charge < -0.3 is 4.52 Å². The largest absolute Gasteiger partial charge is 0.337 e. The van der Waals surface area contributed by atoms with Gasteiger partial charge in [-0.1, -0.05) is 16.8 Å². The maximum Gasteiger partial charge on any atom is 0.262 e. The van der Waals surface area contributed by atoms with Crippen molar-refractivity contribution in [3.8, 4) is 11.4 Å². The number of halogens is 1. The van der Waals surface area contributed by atoms with Crippen molar-refractivity contribution in [3.63, 3.8) is 0 Å². The smallest absolute Gasteiger partial charge is 0.262 e. The van der Waals surface area contributed by atoms with Gasteiger partial charge in [0.2, 0.25) is 11.7 Å². The minimum Gasteiger partial charge on any atom is -0.337 e. The van der Waals surface area contributed by atoms with Gasteiger partial charge in [-0.3, -0.25) is 9.36 Å². The van der Waals surface area contributed by atoms with Crippen LogP contribution in [0.1, 0.15) is 5.89 Å². The summed E-state index contributed by atoms with van der Waals surface area (Å²) in [6.45, 7) is 0.179. The Balaban J connectivity index is 1.65. The van der Waals surface area contributed by atoms with Crippen molar-refractivity contribution in [3.05, 3.63) is 63.3 Å². The van der Waals surface area contributed by atoms with Gasteiger partial charge in [0.1, 0.15) is 11.4 Å². The molecule has 0 N–H and O–H groups in total. The Labute approximate surface area is 139 Å². The number of rotatable bonds is 3. The summed E-state index contributed by atoms with van der Waals surface area (Å²) in [5.41, 5.74) is 0.672. The Morgan fingerprint density at radius 1 is 1.22 bits per heavy atom. The summed E-state index contributed by atoms with van der Waals surface area (Å²) in [7, 11) is 0. The molecule has 0 saturated heterocycles. The second-order valence-corrected chi connectivity index (χ2v) is 6.17. The van der Waals surface area contributed by atoms with Crippen LogP contribution in [0.5, 0.6) is 0 Å². The lowest BCUT2D eigenvalue weighted by atomic mass is 10.2. The minimum atomic E-state index is -0.123. The number of nitrogens with zero attached hydrogens (tertiary/aromatic N) is 4. The lowest BCUT2D eigenvalue weighted by Gasteiger charge is -2.00. The molecule has 0 aliphatic rings. The van der Waals surface area contributed by atoms with Gasteiger partial charge in [0.25, 0.3) is 5.56 Å². The molecule has 0 amide bonds. The predicted molar refractivity (Wildman–Crippen MR) is 87.7 cm³/mol. The number of fused-ring (bicyclic) bond motifs is 1. The van der Waals surface area contributed by atoms with E-state index in [1.54, 1.807) is 18.2 Å². The third-order valence-corrected chi connectivity index (χ3v) is 4.40. The topological polar surface area (TPSA) is 73.8 Å². The van der Waals surface area contributed by atoms with Crippen molar-refractivity contribution in [1.82, 2.24) is 19.7 Å². The van der Waals surface area contributed by atoms with Crippen molar-refractivity contribution in [1.29, 1.82) is 0 Å². The maximum absolute atomic E-state index is 12.3. The van der Waals surface area contributed by atoms with Gasteiger partial charge in [0.05, 0.1) is 11.7 Å². The molecule has 0 saturated carbocycles. The molecule has 8 heteroatoms. The molecule has 3 aromatic heterocycles. The SMILES string of the molecule is O=c1c2ccsc2ncn1Cc1nc(-c2ccc(Cl)cc2)no1. The number of aromatic nitrogens is 4. The van der Waals surface area contributed by atoms with Crippen LogP contribution < -0.4 is 5.56 Å². The first-order valence-corrected chi connectivity index (χ1v) is 7.97. The van der Waals surface area contributed by atoms with E-state index in [1.165, 1.54) is 22.2 Å². The lowest BCUT2D eigenvalue weighted by Crippen LogP contribution is -2.20. The monoisotopic (exact) mass is 344 g/mol.